The largest absolute Gasteiger partial charge is 0.476 e. The maximum absolute atomic E-state index is 13.4. The molecule has 0 unspecified atom stereocenters. The van der Waals surface area contributed by atoms with Crippen molar-refractivity contribution in [2.75, 3.05) is 0 Å². The van der Waals surface area contributed by atoms with Gasteiger partial charge < -0.3 is 14.2 Å². The van der Waals surface area contributed by atoms with E-state index in [4.69, 9.17) is 14.2 Å². The van der Waals surface area contributed by atoms with Gasteiger partial charge in [0.15, 0.2) is 17.2 Å². The van der Waals surface area contributed by atoms with E-state index in [2.05, 4.69) is 5.10 Å². The van der Waals surface area contributed by atoms with Crippen LogP contribution in [-0.2, 0) is 27.4 Å². The van der Waals surface area contributed by atoms with Gasteiger partial charge in [0.25, 0.3) is 0 Å². The summed E-state index contributed by atoms with van der Waals surface area (Å²) in [6.45, 7) is 8.77. The molecule has 35 heavy (non-hydrogen) atoms. The number of rotatable bonds is 8. The van der Waals surface area contributed by atoms with Crippen molar-refractivity contribution in [3.05, 3.63) is 83.2 Å². The zero-order chi connectivity index (χ0) is 25.8. The molecule has 1 heterocycles. The summed E-state index contributed by atoms with van der Waals surface area (Å²) in [5.41, 5.74) is -0.357. The van der Waals surface area contributed by atoms with Gasteiger partial charge in [0, 0.05) is 11.8 Å². The lowest BCUT2D eigenvalue weighted by Gasteiger charge is -2.29. The van der Waals surface area contributed by atoms with Crippen molar-refractivity contribution in [2.45, 2.75) is 59.0 Å². The van der Waals surface area contributed by atoms with E-state index in [1.54, 1.807) is 52.9 Å². The average molecular weight is 487 g/mol. The highest BCUT2D eigenvalue weighted by Gasteiger charge is 2.34. The van der Waals surface area contributed by atoms with Crippen LogP contribution in [0, 0.1) is 11.6 Å². The number of carbonyl (C=O) groups excluding carboxylic acids is 2. The van der Waals surface area contributed by atoms with E-state index < -0.39 is 34.8 Å². The van der Waals surface area contributed by atoms with E-state index in [1.165, 1.54) is 29.1 Å². The van der Waals surface area contributed by atoms with Gasteiger partial charge in [0.2, 0.25) is 0 Å². The topological polar surface area (TPSA) is 79.7 Å². The number of esters is 2. The fourth-order valence-electron chi connectivity index (χ4n) is 3.02. The van der Waals surface area contributed by atoms with Crippen molar-refractivity contribution < 1.29 is 32.6 Å². The standard InChI is InChI=1S/C26H28F2N2O5/c1-25(2,3)35-24(32)26(4,5)34-20-9-7-19(8-10-20)23(31)33-16-18-13-29-30(15-18)14-17-6-11-21(27)22(28)12-17/h6-13,15H,14,16H2,1-5H3. The number of nitrogens with zero attached hydrogens (tertiary/aromatic N) is 2. The smallest absolute Gasteiger partial charge is 0.350 e. The van der Waals surface area contributed by atoms with Gasteiger partial charge >= 0.3 is 11.9 Å². The van der Waals surface area contributed by atoms with Crippen molar-refractivity contribution >= 4 is 11.9 Å². The summed E-state index contributed by atoms with van der Waals surface area (Å²) in [5.74, 6) is -2.48. The van der Waals surface area contributed by atoms with Gasteiger partial charge in [-0.2, -0.15) is 5.10 Å². The molecule has 0 saturated carbocycles. The minimum atomic E-state index is -1.21. The summed E-state index contributed by atoms with van der Waals surface area (Å²) in [6.07, 6.45) is 3.19. The zero-order valence-corrected chi connectivity index (χ0v) is 20.3. The van der Waals surface area contributed by atoms with Crippen LogP contribution in [0.15, 0.2) is 54.9 Å². The van der Waals surface area contributed by atoms with Crippen LogP contribution in [0.3, 0.4) is 0 Å². The van der Waals surface area contributed by atoms with Gasteiger partial charge in [-0.1, -0.05) is 6.07 Å². The minimum Gasteiger partial charge on any atom is -0.476 e. The van der Waals surface area contributed by atoms with Crippen LogP contribution in [0.25, 0.3) is 0 Å². The quantitative estimate of drug-likeness (QED) is 0.414. The van der Waals surface area contributed by atoms with E-state index in [0.717, 1.165) is 12.1 Å². The maximum Gasteiger partial charge on any atom is 0.350 e. The molecule has 0 aliphatic carbocycles. The second kappa shape index (κ2) is 10.2. The second-order valence-corrected chi connectivity index (χ2v) is 9.51. The predicted molar refractivity (Wildman–Crippen MR) is 124 cm³/mol. The van der Waals surface area contributed by atoms with Crippen LogP contribution in [0.1, 0.15) is 56.1 Å². The third-order valence-corrected chi connectivity index (χ3v) is 4.74. The SMILES string of the molecule is CC(C)(C)OC(=O)C(C)(C)Oc1ccc(C(=O)OCc2cnn(Cc3ccc(F)c(F)c3)c2)cc1. The third kappa shape index (κ3) is 7.37. The molecule has 0 fully saturated rings. The van der Waals surface area contributed by atoms with Crippen LogP contribution in [0.2, 0.25) is 0 Å². The summed E-state index contributed by atoms with van der Waals surface area (Å²) in [6, 6.07) is 9.86. The lowest BCUT2D eigenvalue weighted by molar-refractivity contribution is -0.170. The van der Waals surface area contributed by atoms with Crippen LogP contribution in [0.4, 0.5) is 8.78 Å². The van der Waals surface area contributed by atoms with Crippen molar-refractivity contribution in [2.24, 2.45) is 0 Å². The van der Waals surface area contributed by atoms with E-state index in [0.29, 0.717) is 22.4 Å². The number of aromatic nitrogens is 2. The Hall–Kier alpha value is -3.75. The van der Waals surface area contributed by atoms with Crippen molar-refractivity contribution in [3.8, 4) is 5.75 Å². The average Bonchev–Trinajstić information content (AvgIpc) is 3.21. The fourth-order valence-corrected chi connectivity index (χ4v) is 3.02. The molecule has 0 radical (unpaired) electrons. The molecular weight excluding hydrogens is 458 g/mol. The van der Waals surface area contributed by atoms with Gasteiger partial charge in [-0.05, 0) is 76.6 Å². The Morgan fingerprint density at radius 1 is 0.943 bits per heavy atom. The molecule has 0 N–H and O–H groups in total. The van der Waals surface area contributed by atoms with Crippen LogP contribution in [-0.4, -0.2) is 32.9 Å². The Balaban J connectivity index is 1.53. The Labute approximate surface area is 202 Å². The summed E-state index contributed by atoms with van der Waals surface area (Å²) >= 11 is 0. The Bertz CT molecular complexity index is 1200. The highest BCUT2D eigenvalue weighted by atomic mass is 19.2. The molecule has 0 amide bonds. The van der Waals surface area contributed by atoms with Crippen LogP contribution < -0.4 is 4.74 Å². The summed E-state index contributed by atoms with van der Waals surface area (Å²) in [5, 5.41) is 4.15. The number of benzene rings is 2. The van der Waals surface area contributed by atoms with Gasteiger partial charge in [-0.15, -0.1) is 0 Å². The van der Waals surface area contributed by atoms with Gasteiger partial charge in [-0.3, -0.25) is 4.68 Å². The Morgan fingerprint density at radius 2 is 1.63 bits per heavy atom. The molecule has 0 saturated heterocycles. The molecule has 7 nitrogen and oxygen atoms in total. The van der Waals surface area contributed by atoms with Gasteiger partial charge in [0.05, 0.1) is 18.3 Å². The lowest BCUT2D eigenvalue weighted by Crippen LogP contribution is -2.43. The normalized spacial score (nSPS) is 11.7. The van der Waals surface area contributed by atoms with Gasteiger partial charge in [0.1, 0.15) is 18.0 Å². The van der Waals surface area contributed by atoms with Crippen molar-refractivity contribution in [3.63, 3.8) is 0 Å². The number of hydrogen-bond acceptors (Lipinski definition) is 6. The monoisotopic (exact) mass is 486 g/mol. The molecule has 3 aromatic rings. The molecule has 0 spiro atoms. The summed E-state index contributed by atoms with van der Waals surface area (Å²) in [7, 11) is 0. The van der Waals surface area contributed by atoms with Crippen molar-refractivity contribution in [1.29, 1.82) is 0 Å². The van der Waals surface area contributed by atoms with E-state index in [9.17, 15) is 18.4 Å². The molecule has 0 aliphatic rings. The zero-order valence-electron chi connectivity index (χ0n) is 20.3. The van der Waals surface area contributed by atoms with E-state index in [-0.39, 0.29) is 13.2 Å². The minimum absolute atomic E-state index is 0.0134. The highest BCUT2D eigenvalue weighted by molar-refractivity contribution is 5.89. The summed E-state index contributed by atoms with van der Waals surface area (Å²) in [4.78, 5) is 24.8. The van der Waals surface area contributed by atoms with E-state index in [1.807, 2.05) is 0 Å². The molecule has 186 valence electrons. The van der Waals surface area contributed by atoms with Crippen LogP contribution >= 0.6 is 0 Å². The molecule has 1 aromatic heterocycles. The highest BCUT2D eigenvalue weighted by Crippen LogP contribution is 2.23. The third-order valence-electron chi connectivity index (χ3n) is 4.74. The van der Waals surface area contributed by atoms with Crippen LogP contribution in [0.5, 0.6) is 5.75 Å². The number of hydrogen-bond donors (Lipinski definition) is 0. The molecule has 3 rings (SSSR count). The molecule has 2 aromatic carbocycles. The maximum atomic E-state index is 13.4. The van der Waals surface area contributed by atoms with E-state index >= 15 is 0 Å². The number of carbonyl (C=O) groups is 2. The lowest BCUT2D eigenvalue weighted by atomic mass is 10.1. The first kappa shape index (κ1) is 25.9. The Morgan fingerprint density at radius 3 is 2.26 bits per heavy atom. The second-order valence-electron chi connectivity index (χ2n) is 9.51. The first-order chi connectivity index (χ1) is 16.3. The molecule has 0 bridgehead atoms. The molecule has 0 aliphatic heterocycles. The predicted octanol–water partition coefficient (Wildman–Crippen LogP) is 5.07. The molecule has 0 atom stereocenters. The summed E-state index contributed by atoms with van der Waals surface area (Å²) < 4.78 is 44.4. The molecule has 9 heteroatoms. The molecular formula is C26H28F2N2O5. The number of ether oxygens (including phenoxy) is 3. The Kier molecular flexibility index (Phi) is 7.57. The van der Waals surface area contributed by atoms with Crippen molar-refractivity contribution in [1.82, 2.24) is 9.78 Å². The fraction of sp³-hybridized carbons (Fsp3) is 0.346. The first-order valence-corrected chi connectivity index (χ1v) is 11.0. The number of halogens is 2. The first-order valence-electron chi connectivity index (χ1n) is 11.0. The van der Waals surface area contributed by atoms with Gasteiger partial charge in [-0.25, -0.2) is 18.4 Å².